The quantitative estimate of drug-likeness (QED) is 0.720. The Kier molecular flexibility index (Phi) is 6.46. The maximum atomic E-state index is 12.7. The molecule has 3 N–H and O–H groups in total. The molecule has 0 aromatic carbocycles. The third-order valence-electron chi connectivity index (χ3n) is 5.54. The van der Waals surface area contributed by atoms with E-state index in [1.54, 1.807) is 18.5 Å². The van der Waals surface area contributed by atoms with E-state index in [1.807, 2.05) is 13.8 Å². The van der Waals surface area contributed by atoms with Crippen LogP contribution in [0.25, 0.3) is 0 Å². The maximum absolute atomic E-state index is 12.7. The normalized spacial score (nSPS) is 17.4. The minimum atomic E-state index is -3.61. The predicted molar refractivity (Wildman–Crippen MR) is 99.9 cm³/mol. The Morgan fingerprint density at radius 3 is 2.38 bits per heavy atom. The highest BCUT2D eigenvalue weighted by Gasteiger charge is 2.34. The van der Waals surface area contributed by atoms with Gasteiger partial charge in [0.1, 0.15) is 5.82 Å². The summed E-state index contributed by atoms with van der Waals surface area (Å²) < 4.78 is 28.5. The molecule has 0 spiro atoms. The Morgan fingerprint density at radius 1 is 1.35 bits per heavy atom. The second-order valence-electron chi connectivity index (χ2n) is 7.20. The number of hydrogen-bond donors (Lipinski definition) is 2. The summed E-state index contributed by atoms with van der Waals surface area (Å²) in [6.45, 7) is 6.89. The molecule has 9 heteroatoms. The lowest BCUT2D eigenvalue weighted by Gasteiger charge is -2.32. The van der Waals surface area contributed by atoms with E-state index in [2.05, 4.69) is 10.3 Å². The lowest BCUT2D eigenvalue weighted by Crippen LogP contribution is -2.51. The summed E-state index contributed by atoms with van der Waals surface area (Å²) in [5.74, 6) is 0.437. The Hall–Kier alpha value is -1.45. The molecule has 1 aliphatic heterocycles. The average molecular weight is 386 g/mol. The van der Waals surface area contributed by atoms with E-state index in [0.717, 1.165) is 12.8 Å². The largest absolute Gasteiger partial charge is 0.354 e. The van der Waals surface area contributed by atoms with E-state index < -0.39 is 10.0 Å². The molecule has 1 amide bonds. The smallest absolute Gasteiger partial charge is 0.262 e. The summed E-state index contributed by atoms with van der Waals surface area (Å²) in [6.07, 6.45) is 4.13. The fourth-order valence-corrected chi connectivity index (χ4v) is 4.54. The maximum Gasteiger partial charge on any atom is 0.262 e. The number of hydrogen-bond acceptors (Lipinski definition) is 5. The van der Waals surface area contributed by atoms with Gasteiger partial charge in [0, 0.05) is 44.3 Å². The van der Waals surface area contributed by atoms with Gasteiger partial charge in [-0.2, -0.15) is 4.31 Å². The second kappa shape index (κ2) is 8.06. The molecule has 1 aromatic heterocycles. The van der Waals surface area contributed by atoms with E-state index in [4.69, 9.17) is 5.73 Å². The van der Waals surface area contributed by atoms with Crippen molar-refractivity contribution in [3.8, 4) is 0 Å². The number of nitrogens with two attached hydrogens (primary N) is 1. The Morgan fingerprint density at radius 2 is 1.92 bits per heavy atom. The predicted octanol–water partition coefficient (Wildman–Crippen LogP) is 0.763. The van der Waals surface area contributed by atoms with E-state index in [1.165, 1.54) is 10.5 Å². The van der Waals surface area contributed by atoms with Gasteiger partial charge >= 0.3 is 0 Å². The van der Waals surface area contributed by atoms with Crippen LogP contribution in [0.15, 0.2) is 11.2 Å². The molecule has 148 valence electrons. The molecule has 1 saturated heterocycles. The van der Waals surface area contributed by atoms with Crippen molar-refractivity contribution in [3.05, 3.63) is 12.0 Å². The van der Waals surface area contributed by atoms with Crippen molar-refractivity contribution < 1.29 is 13.2 Å². The average Bonchev–Trinajstić information content (AvgIpc) is 2.99. The number of amides is 1. The highest BCUT2D eigenvalue weighted by molar-refractivity contribution is 7.89. The molecule has 2 rings (SSSR count). The fourth-order valence-electron chi connectivity index (χ4n) is 3.05. The number of aryl methyl sites for hydroxylation is 2. The molecule has 8 nitrogen and oxygen atoms in total. The number of imidazole rings is 1. The number of nitrogens with zero attached hydrogens (tertiary/aromatic N) is 3. The number of nitrogens with one attached hydrogen (secondary N) is 1. The molecule has 1 aliphatic rings. The third-order valence-corrected chi connectivity index (χ3v) is 7.31. The van der Waals surface area contributed by atoms with Crippen LogP contribution >= 0.6 is 0 Å². The van der Waals surface area contributed by atoms with Gasteiger partial charge in [-0.3, -0.25) is 4.79 Å². The summed E-state index contributed by atoms with van der Waals surface area (Å²) in [7, 11) is -1.84. The lowest BCUT2D eigenvalue weighted by atomic mass is 9.93. The van der Waals surface area contributed by atoms with Crippen molar-refractivity contribution in [3.63, 3.8) is 0 Å². The van der Waals surface area contributed by atoms with Crippen molar-refractivity contribution >= 4 is 15.9 Å². The van der Waals surface area contributed by atoms with Crippen molar-refractivity contribution in [1.29, 1.82) is 0 Å². The molecular weight excluding hydrogens is 354 g/mol. The molecule has 0 saturated carbocycles. The van der Waals surface area contributed by atoms with Gasteiger partial charge in [-0.25, -0.2) is 13.4 Å². The van der Waals surface area contributed by atoms with Gasteiger partial charge in [-0.05, 0) is 32.6 Å². The minimum absolute atomic E-state index is 0.0348. The highest BCUT2D eigenvalue weighted by atomic mass is 32.2. The second-order valence-corrected chi connectivity index (χ2v) is 9.09. The van der Waals surface area contributed by atoms with E-state index in [9.17, 15) is 13.2 Å². The monoisotopic (exact) mass is 385 g/mol. The summed E-state index contributed by atoms with van der Waals surface area (Å²) in [4.78, 5) is 16.5. The first-order valence-electron chi connectivity index (χ1n) is 9.19. The van der Waals surface area contributed by atoms with Gasteiger partial charge < -0.3 is 15.6 Å². The highest BCUT2D eigenvalue weighted by Crippen LogP contribution is 2.23. The molecular formula is C17H31N5O3S. The number of rotatable bonds is 7. The van der Waals surface area contributed by atoms with Crippen LogP contribution in [-0.2, 0) is 21.9 Å². The van der Waals surface area contributed by atoms with Crippen LogP contribution in [0.2, 0.25) is 0 Å². The van der Waals surface area contributed by atoms with Crippen LogP contribution in [0.1, 0.15) is 45.4 Å². The number of sulfonamides is 1. The van der Waals surface area contributed by atoms with Crippen molar-refractivity contribution in [2.24, 2.45) is 18.7 Å². The van der Waals surface area contributed by atoms with Gasteiger partial charge in [0.15, 0.2) is 5.03 Å². The molecule has 0 radical (unpaired) electrons. The Bertz CT molecular complexity index is 712. The Labute approximate surface area is 156 Å². The summed E-state index contributed by atoms with van der Waals surface area (Å²) in [5, 5.41) is 3.01. The first kappa shape index (κ1) is 20.9. The van der Waals surface area contributed by atoms with Crippen LogP contribution in [0, 0.1) is 12.8 Å². The molecule has 26 heavy (non-hydrogen) atoms. The number of aromatic nitrogens is 2. The van der Waals surface area contributed by atoms with Gasteiger partial charge in [0.05, 0.1) is 0 Å². The summed E-state index contributed by atoms with van der Waals surface area (Å²) >= 11 is 0. The van der Waals surface area contributed by atoms with Gasteiger partial charge in [-0.15, -0.1) is 0 Å². The number of carbonyl (C=O) groups excluding carboxylic acids is 1. The van der Waals surface area contributed by atoms with Crippen LogP contribution in [0.5, 0.6) is 0 Å². The zero-order chi connectivity index (χ0) is 19.5. The molecule has 0 unspecified atom stereocenters. The van der Waals surface area contributed by atoms with Gasteiger partial charge in [0.2, 0.25) is 5.91 Å². The molecule has 0 atom stereocenters. The molecule has 1 fully saturated rings. The molecule has 2 heterocycles. The van der Waals surface area contributed by atoms with Crippen LogP contribution in [0.3, 0.4) is 0 Å². The van der Waals surface area contributed by atoms with E-state index in [0.29, 0.717) is 38.3 Å². The molecule has 1 aromatic rings. The first-order valence-corrected chi connectivity index (χ1v) is 10.6. The number of piperidine rings is 1. The van der Waals surface area contributed by atoms with Gasteiger partial charge in [0.25, 0.3) is 10.0 Å². The summed E-state index contributed by atoms with van der Waals surface area (Å²) in [6, 6.07) is 0. The minimum Gasteiger partial charge on any atom is -0.354 e. The van der Waals surface area contributed by atoms with Crippen LogP contribution in [0.4, 0.5) is 0 Å². The first-order chi connectivity index (χ1) is 12.1. The standard InChI is InChI=1S/C17H31N5O3S/c1-5-17(18,6-2)12-19-16(23)14-7-9-22(10-8-14)26(24,25)15-11-21(4)13(3)20-15/h11,14H,5-10,12,18H2,1-4H3,(H,19,23). The van der Waals surface area contributed by atoms with Crippen molar-refractivity contribution in [2.45, 2.75) is 57.0 Å². The zero-order valence-electron chi connectivity index (χ0n) is 16.2. The summed E-state index contributed by atoms with van der Waals surface area (Å²) in [5.41, 5.74) is 5.84. The number of carbonyl (C=O) groups is 1. The molecule has 0 aliphatic carbocycles. The van der Waals surface area contributed by atoms with Crippen molar-refractivity contribution in [2.75, 3.05) is 19.6 Å². The SMILES string of the molecule is CCC(N)(CC)CNC(=O)C1CCN(S(=O)(=O)c2cn(C)c(C)n2)CC1. The third kappa shape index (κ3) is 4.44. The fraction of sp³-hybridized carbons (Fsp3) is 0.765. The van der Waals surface area contributed by atoms with E-state index >= 15 is 0 Å². The van der Waals surface area contributed by atoms with Gasteiger partial charge in [-0.1, -0.05) is 13.8 Å². The molecule has 0 bridgehead atoms. The zero-order valence-corrected chi connectivity index (χ0v) is 17.0. The van der Waals surface area contributed by atoms with Crippen molar-refractivity contribution in [1.82, 2.24) is 19.2 Å². The lowest BCUT2D eigenvalue weighted by molar-refractivity contribution is -0.126. The van der Waals surface area contributed by atoms with E-state index in [-0.39, 0.29) is 22.4 Å². The van der Waals surface area contributed by atoms with Crippen LogP contribution in [-0.4, -0.2) is 53.4 Å². The Balaban J connectivity index is 1.93. The van der Waals surface area contributed by atoms with Crippen LogP contribution < -0.4 is 11.1 Å². The topological polar surface area (TPSA) is 110 Å².